The lowest BCUT2D eigenvalue weighted by Gasteiger charge is -2.32. The molecule has 6 nitrogen and oxygen atoms in total. The van der Waals surface area contributed by atoms with Gasteiger partial charge in [0.1, 0.15) is 5.82 Å². The van der Waals surface area contributed by atoms with Crippen LogP contribution in [0.4, 0.5) is 5.82 Å². The molecule has 1 fully saturated rings. The molecule has 2 N–H and O–H groups in total. The highest BCUT2D eigenvalue weighted by Crippen LogP contribution is 2.17. The SMILES string of the molecule is CCNC(=NCc1ccnc(N2CCOC(C)C2)c1)NCC(CC)CC.I. The number of aliphatic imine (C=N–C) groups is 1. The van der Waals surface area contributed by atoms with Crippen molar-refractivity contribution in [1.82, 2.24) is 15.6 Å². The Morgan fingerprint density at radius 1 is 1.33 bits per heavy atom. The van der Waals surface area contributed by atoms with Crippen LogP contribution in [0.3, 0.4) is 0 Å². The van der Waals surface area contributed by atoms with E-state index >= 15 is 0 Å². The first-order valence-electron chi connectivity index (χ1n) is 9.99. The van der Waals surface area contributed by atoms with Crippen LogP contribution in [-0.2, 0) is 11.3 Å². The van der Waals surface area contributed by atoms with Gasteiger partial charge in [-0.25, -0.2) is 9.98 Å². The standard InChI is InChI=1S/C20H35N5O.HI/c1-5-17(6-2)13-23-20(21-7-3)24-14-18-8-9-22-19(12-18)25-10-11-26-16(4)15-25;/h8-9,12,16-17H,5-7,10-11,13-15H2,1-4H3,(H2,21,23,24);1H. The minimum Gasteiger partial charge on any atom is -0.375 e. The molecule has 1 saturated heterocycles. The molecular weight excluding hydrogens is 453 g/mol. The predicted octanol–water partition coefficient (Wildman–Crippen LogP) is 3.42. The number of nitrogens with zero attached hydrogens (tertiary/aromatic N) is 3. The second kappa shape index (κ2) is 13.1. The van der Waals surface area contributed by atoms with Crippen molar-refractivity contribution >= 4 is 35.8 Å². The summed E-state index contributed by atoms with van der Waals surface area (Å²) in [6, 6.07) is 4.19. The quantitative estimate of drug-likeness (QED) is 0.333. The smallest absolute Gasteiger partial charge is 0.191 e. The van der Waals surface area contributed by atoms with Crippen molar-refractivity contribution in [1.29, 1.82) is 0 Å². The first-order valence-corrected chi connectivity index (χ1v) is 9.99. The normalized spacial score (nSPS) is 17.6. The maximum Gasteiger partial charge on any atom is 0.191 e. The summed E-state index contributed by atoms with van der Waals surface area (Å²) in [5, 5.41) is 6.81. The van der Waals surface area contributed by atoms with Crippen LogP contribution in [-0.4, -0.2) is 49.8 Å². The fourth-order valence-corrected chi connectivity index (χ4v) is 3.09. The Kier molecular flexibility index (Phi) is 11.7. The van der Waals surface area contributed by atoms with Crippen molar-refractivity contribution in [2.45, 2.75) is 53.2 Å². The zero-order valence-electron chi connectivity index (χ0n) is 17.2. The second-order valence-corrected chi connectivity index (χ2v) is 6.91. The Bertz CT molecular complexity index is 565. The molecule has 0 spiro atoms. The number of ether oxygens (including phenoxy) is 1. The van der Waals surface area contributed by atoms with Crippen LogP contribution in [0, 0.1) is 5.92 Å². The van der Waals surface area contributed by atoms with E-state index in [0.29, 0.717) is 12.5 Å². The van der Waals surface area contributed by atoms with E-state index in [1.165, 1.54) is 18.4 Å². The molecule has 0 saturated carbocycles. The first kappa shape index (κ1) is 23.9. The molecule has 0 radical (unpaired) electrons. The molecule has 1 unspecified atom stereocenters. The minimum absolute atomic E-state index is 0. The highest BCUT2D eigenvalue weighted by molar-refractivity contribution is 14.0. The fourth-order valence-electron chi connectivity index (χ4n) is 3.09. The summed E-state index contributed by atoms with van der Waals surface area (Å²) in [6.45, 7) is 13.7. The van der Waals surface area contributed by atoms with Gasteiger partial charge in [-0.05, 0) is 37.5 Å². The predicted molar refractivity (Wildman–Crippen MR) is 124 cm³/mol. The van der Waals surface area contributed by atoms with Gasteiger partial charge in [0.25, 0.3) is 0 Å². The van der Waals surface area contributed by atoms with E-state index < -0.39 is 0 Å². The van der Waals surface area contributed by atoms with Crippen molar-refractivity contribution in [2.24, 2.45) is 10.9 Å². The van der Waals surface area contributed by atoms with Gasteiger partial charge < -0.3 is 20.3 Å². The third kappa shape index (κ3) is 8.21. The molecule has 0 aliphatic carbocycles. The van der Waals surface area contributed by atoms with Gasteiger partial charge in [0.2, 0.25) is 0 Å². The number of anilines is 1. The highest BCUT2D eigenvalue weighted by Gasteiger charge is 2.18. The number of pyridine rings is 1. The van der Waals surface area contributed by atoms with E-state index in [1.807, 2.05) is 12.3 Å². The van der Waals surface area contributed by atoms with Gasteiger partial charge in [-0.1, -0.05) is 26.7 Å². The molecule has 1 aliphatic heterocycles. The average Bonchev–Trinajstić information content (AvgIpc) is 2.67. The van der Waals surface area contributed by atoms with Crippen LogP contribution in [0.1, 0.15) is 46.1 Å². The molecule has 1 aromatic heterocycles. The number of halogens is 1. The molecule has 0 aromatic carbocycles. The van der Waals surface area contributed by atoms with Gasteiger partial charge in [0.05, 0.1) is 19.3 Å². The third-order valence-corrected chi connectivity index (χ3v) is 4.85. The Morgan fingerprint density at radius 3 is 2.78 bits per heavy atom. The maximum absolute atomic E-state index is 5.62. The molecule has 27 heavy (non-hydrogen) atoms. The summed E-state index contributed by atoms with van der Waals surface area (Å²) in [4.78, 5) is 11.6. The lowest BCUT2D eigenvalue weighted by atomic mass is 10.0. The van der Waals surface area contributed by atoms with Crippen LogP contribution >= 0.6 is 24.0 Å². The minimum atomic E-state index is 0. The van der Waals surface area contributed by atoms with Crippen LogP contribution in [0.5, 0.6) is 0 Å². The number of rotatable bonds is 8. The molecule has 2 heterocycles. The number of hydrogen-bond acceptors (Lipinski definition) is 4. The van der Waals surface area contributed by atoms with Gasteiger partial charge in [0, 0.05) is 32.4 Å². The van der Waals surface area contributed by atoms with Gasteiger partial charge in [-0.15, -0.1) is 24.0 Å². The van der Waals surface area contributed by atoms with E-state index in [0.717, 1.165) is 44.6 Å². The van der Waals surface area contributed by atoms with Gasteiger partial charge in [-0.3, -0.25) is 0 Å². The summed E-state index contributed by atoms with van der Waals surface area (Å²) in [6.07, 6.45) is 4.51. The first-order chi connectivity index (χ1) is 12.7. The van der Waals surface area contributed by atoms with E-state index in [-0.39, 0.29) is 30.1 Å². The molecule has 1 atom stereocenters. The van der Waals surface area contributed by atoms with Gasteiger partial charge >= 0.3 is 0 Å². The van der Waals surface area contributed by atoms with Gasteiger partial charge in [-0.2, -0.15) is 0 Å². The summed E-state index contributed by atoms with van der Waals surface area (Å²) < 4.78 is 5.62. The lowest BCUT2D eigenvalue weighted by Crippen LogP contribution is -2.41. The Hall–Kier alpha value is -1.09. The monoisotopic (exact) mass is 489 g/mol. The van der Waals surface area contributed by atoms with E-state index in [4.69, 9.17) is 9.73 Å². The zero-order valence-corrected chi connectivity index (χ0v) is 19.5. The number of guanidine groups is 1. The largest absolute Gasteiger partial charge is 0.375 e. The number of aromatic nitrogens is 1. The van der Waals surface area contributed by atoms with Crippen LogP contribution in [0.25, 0.3) is 0 Å². The van der Waals surface area contributed by atoms with E-state index in [2.05, 4.69) is 54.3 Å². The Morgan fingerprint density at radius 2 is 2.11 bits per heavy atom. The summed E-state index contributed by atoms with van der Waals surface area (Å²) >= 11 is 0. The van der Waals surface area contributed by atoms with Crippen molar-refractivity contribution < 1.29 is 4.74 Å². The Balaban J connectivity index is 0.00000364. The van der Waals surface area contributed by atoms with Crippen molar-refractivity contribution in [3.05, 3.63) is 23.9 Å². The molecular formula is C20H36IN5O. The molecule has 7 heteroatoms. The van der Waals surface area contributed by atoms with Crippen LogP contribution in [0.15, 0.2) is 23.3 Å². The van der Waals surface area contributed by atoms with Crippen LogP contribution in [0.2, 0.25) is 0 Å². The topological polar surface area (TPSA) is 61.8 Å². The molecule has 2 rings (SSSR count). The van der Waals surface area contributed by atoms with E-state index in [1.54, 1.807) is 0 Å². The summed E-state index contributed by atoms with van der Waals surface area (Å²) in [7, 11) is 0. The highest BCUT2D eigenvalue weighted by atomic mass is 127. The van der Waals surface area contributed by atoms with Crippen molar-refractivity contribution in [3.63, 3.8) is 0 Å². The number of hydrogen-bond donors (Lipinski definition) is 2. The molecule has 1 aromatic rings. The molecule has 1 aliphatic rings. The summed E-state index contributed by atoms with van der Waals surface area (Å²) in [5.41, 5.74) is 1.17. The lowest BCUT2D eigenvalue weighted by molar-refractivity contribution is 0.0529. The molecule has 154 valence electrons. The van der Waals surface area contributed by atoms with Crippen molar-refractivity contribution in [3.8, 4) is 0 Å². The molecule has 0 amide bonds. The third-order valence-electron chi connectivity index (χ3n) is 4.85. The second-order valence-electron chi connectivity index (χ2n) is 6.91. The summed E-state index contributed by atoms with van der Waals surface area (Å²) in [5.74, 6) is 2.59. The number of morpholine rings is 1. The van der Waals surface area contributed by atoms with Gasteiger partial charge in [0.15, 0.2) is 5.96 Å². The number of nitrogens with one attached hydrogen (secondary N) is 2. The maximum atomic E-state index is 5.62. The Labute approximate surface area is 181 Å². The van der Waals surface area contributed by atoms with E-state index in [9.17, 15) is 0 Å². The fraction of sp³-hybridized carbons (Fsp3) is 0.700. The average molecular weight is 489 g/mol. The van der Waals surface area contributed by atoms with Crippen LogP contribution < -0.4 is 15.5 Å². The zero-order chi connectivity index (χ0) is 18.8. The van der Waals surface area contributed by atoms with Crippen molar-refractivity contribution in [2.75, 3.05) is 37.7 Å². The molecule has 0 bridgehead atoms.